The molecule has 1 aromatic rings. The lowest BCUT2D eigenvalue weighted by molar-refractivity contribution is 0.473. The Morgan fingerprint density at radius 1 is 1.41 bits per heavy atom. The van der Waals surface area contributed by atoms with E-state index < -0.39 is 0 Å². The number of rotatable bonds is 5. The van der Waals surface area contributed by atoms with E-state index in [-0.39, 0.29) is 0 Å². The molecule has 17 heavy (non-hydrogen) atoms. The van der Waals surface area contributed by atoms with E-state index in [1.54, 1.807) is 6.39 Å². The van der Waals surface area contributed by atoms with Crippen LogP contribution in [0.1, 0.15) is 50.5 Å². The molecule has 3 heteroatoms. The molecule has 2 saturated carbocycles. The van der Waals surface area contributed by atoms with Crippen LogP contribution < -0.4 is 5.32 Å². The minimum absolute atomic E-state index is 0.686. The summed E-state index contributed by atoms with van der Waals surface area (Å²) in [6, 6.07) is 0. The number of nitrogens with zero attached hydrogens (tertiary/aromatic N) is 1. The lowest BCUT2D eigenvalue weighted by Gasteiger charge is -2.07. The van der Waals surface area contributed by atoms with E-state index in [9.17, 15) is 0 Å². The van der Waals surface area contributed by atoms with Crippen LogP contribution in [0, 0.1) is 17.8 Å². The summed E-state index contributed by atoms with van der Waals surface area (Å²) in [7, 11) is 0. The molecular weight excluding hydrogens is 212 g/mol. The molecular formula is C14H22N2O. The molecule has 0 bridgehead atoms. The summed E-state index contributed by atoms with van der Waals surface area (Å²) in [6.45, 7) is 6.35. The summed E-state index contributed by atoms with van der Waals surface area (Å²) >= 11 is 0. The Bertz CT molecular complexity index is 375. The fraction of sp³-hybridized carbons (Fsp3) is 0.786. The zero-order valence-corrected chi connectivity index (χ0v) is 10.8. The summed E-state index contributed by atoms with van der Waals surface area (Å²) in [4.78, 5) is 4.37. The number of hydrogen-bond donors (Lipinski definition) is 1. The molecule has 2 unspecified atom stereocenters. The third-order valence-corrected chi connectivity index (χ3v) is 4.23. The van der Waals surface area contributed by atoms with Gasteiger partial charge in [0.05, 0.1) is 5.69 Å². The SMILES string of the molecule is CC(C)CNCc1ncoc1C1C2CCCC21. The van der Waals surface area contributed by atoms with E-state index in [2.05, 4.69) is 24.1 Å². The first kappa shape index (κ1) is 11.3. The smallest absolute Gasteiger partial charge is 0.181 e. The minimum Gasteiger partial charge on any atom is -0.448 e. The standard InChI is InChI=1S/C14H22N2O/c1-9(2)6-15-7-12-14(17-8-16-12)13-10-4-3-5-11(10)13/h8-11,13,15H,3-7H2,1-2H3. The van der Waals surface area contributed by atoms with Gasteiger partial charge >= 0.3 is 0 Å². The highest BCUT2D eigenvalue weighted by Crippen LogP contribution is 2.63. The average Bonchev–Trinajstić information content (AvgIpc) is 2.74. The van der Waals surface area contributed by atoms with Crippen molar-refractivity contribution in [2.24, 2.45) is 17.8 Å². The number of oxazole rings is 1. The van der Waals surface area contributed by atoms with Crippen molar-refractivity contribution in [2.75, 3.05) is 6.54 Å². The van der Waals surface area contributed by atoms with Gasteiger partial charge in [-0.2, -0.15) is 0 Å². The van der Waals surface area contributed by atoms with E-state index >= 15 is 0 Å². The van der Waals surface area contributed by atoms with Gasteiger partial charge in [0.2, 0.25) is 0 Å². The molecule has 1 heterocycles. The Balaban J connectivity index is 1.60. The minimum atomic E-state index is 0.686. The lowest BCUT2D eigenvalue weighted by atomic mass is 10.1. The molecule has 2 fully saturated rings. The molecule has 1 aromatic heterocycles. The van der Waals surface area contributed by atoms with Gasteiger partial charge in [-0.05, 0) is 37.1 Å². The van der Waals surface area contributed by atoms with Crippen LogP contribution in [-0.2, 0) is 6.54 Å². The fourth-order valence-electron chi connectivity index (χ4n) is 3.37. The summed E-state index contributed by atoms with van der Waals surface area (Å²) in [5.74, 6) is 4.38. The highest BCUT2D eigenvalue weighted by molar-refractivity contribution is 5.25. The molecule has 2 atom stereocenters. The Labute approximate surface area is 103 Å². The zero-order chi connectivity index (χ0) is 11.8. The predicted octanol–water partition coefficient (Wildman–Crippen LogP) is 2.93. The van der Waals surface area contributed by atoms with Gasteiger partial charge in [0.15, 0.2) is 6.39 Å². The number of aromatic nitrogens is 1. The second-order valence-corrected chi connectivity index (χ2v) is 5.97. The molecule has 3 rings (SSSR count). The van der Waals surface area contributed by atoms with Crippen molar-refractivity contribution in [1.82, 2.24) is 10.3 Å². The van der Waals surface area contributed by atoms with Gasteiger partial charge < -0.3 is 9.73 Å². The van der Waals surface area contributed by atoms with Gasteiger partial charge in [-0.3, -0.25) is 0 Å². The monoisotopic (exact) mass is 234 g/mol. The number of hydrogen-bond acceptors (Lipinski definition) is 3. The van der Waals surface area contributed by atoms with E-state index in [0.717, 1.165) is 30.6 Å². The highest BCUT2D eigenvalue weighted by Gasteiger charge is 2.55. The van der Waals surface area contributed by atoms with Crippen molar-refractivity contribution >= 4 is 0 Å². The van der Waals surface area contributed by atoms with Crippen LogP contribution in [0.15, 0.2) is 10.8 Å². The summed E-state index contributed by atoms with van der Waals surface area (Å²) in [5, 5.41) is 3.45. The first-order valence-corrected chi connectivity index (χ1v) is 6.90. The van der Waals surface area contributed by atoms with Crippen molar-refractivity contribution in [3.8, 4) is 0 Å². The zero-order valence-electron chi connectivity index (χ0n) is 10.8. The maximum Gasteiger partial charge on any atom is 0.181 e. The maximum atomic E-state index is 5.63. The third-order valence-electron chi connectivity index (χ3n) is 4.23. The molecule has 3 nitrogen and oxygen atoms in total. The Morgan fingerprint density at radius 2 is 2.18 bits per heavy atom. The molecule has 0 aromatic carbocycles. The molecule has 0 aliphatic heterocycles. The third kappa shape index (κ3) is 2.13. The van der Waals surface area contributed by atoms with Crippen molar-refractivity contribution in [1.29, 1.82) is 0 Å². The van der Waals surface area contributed by atoms with Gasteiger partial charge in [-0.1, -0.05) is 20.3 Å². The van der Waals surface area contributed by atoms with Crippen LogP contribution in [0.3, 0.4) is 0 Å². The lowest BCUT2D eigenvalue weighted by Crippen LogP contribution is -2.19. The first-order valence-electron chi connectivity index (χ1n) is 6.90. The molecule has 0 spiro atoms. The van der Waals surface area contributed by atoms with Gasteiger partial charge in [-0.25, -0.2) is 4.98 Å². The van der Waals surface area contributed by atoms with Gasteiger partial charge in [0.25, 0.3) is 0 Å². The fourth-order valence-corrected chi connectivity index (χ4v) is 3.37. The van der Waals surface area contributed by atoms with Gasteiger partial charge in [0.1, 0.15) is 5.76 Å². The molecule has 1 N–H and O–H groups in total. The van der Waals surface area contributed by atoms with Crippen LogP contribution in [-0.4, -0.2) is 11.5 Å². The van der Waals surface area contributed by atoms with Crippen molar-refractivity contribution in [2.45, 2.75) is 45.6 Å². The van der Waals surface area contributed by atoms with Crippen molar-refractivity contribution in [3.63, 3.8) is 0 Å². The van der Waals surface area contributed by atoms with E-state index in [4.69, 9.17) is 4.42 Å². The van der Waals surface area contributed by atoms with Crippen molar-refractivity contribution < 1.29 is 4.42 Å². The number of nitrogens with one attached hydrogen (secondary N) is 1. The van der Waals surface area contributed by atoms with Crippen molar-refractivity contribution in [3.05, 3.63) is 17.8 Å². The van der Waals surface area contributed by atoms with Crippen LogP contribution in [0.25, 0.3) is 0 Å². The first-order chi connectivity index (χ1) is 8.27. The van der Waals surface area contributed by atoms with E-state index in [0.29, 0.717) is 11.8 Å². The predicted molar refractivity (Wildman–Crippen MR) is 66.6 cm³/mol. The second kappa shape index (κ2) is 4.45. The van der Waals surface area contributed by atoms with E-state index in [1.807, 2.05) is 0 Å². The summed E-state index contributed by atoms with van der Waals surface area (Å²) in [5.41, 5.74) is 1.14. The van der Waals surface area contributed by atoms with Gasteiger partial charge in [-0.15, -0.1) is 0 Å². The molecule has 0 saturated heterocycles. The van der Waals surface area contributed by atoms with Crippen LogP contribution in [0.2, 0.25) is 0 Å². The van der Waals surface area contributed by atoms with Crippen LogP contribution in [0.5, 0.6) is 0 Å². The summed E-state index contributed by atoms with van der Waals surface area (Å²) in [6.07, 6.45) is 5.83. The molecule has 2 aliphatic carbocycles. The summed E-state index contributed by atoms with van der Waals surface area (Å²) < 4.78 is 5.63. The maximum absolute atomic E-state index is 5.63. The largest absolute Gasteiger partial charge is 0.448 e. The van der Waals surface area contributed by atoms with Crippen LogP contribution >= 0.6 is 0 Å². The molecule has 2 aliphatic rings. The Hall–Kier alpha value is -0.830. The van der Waals surface area contributed by atoms with E-state index in [1.165, 1.54) is 25.0 Å². The van der Waals surface area contributed by atoms with Crippen LogP contribution in [0.4, 0.5) is 0 Å². The Kier molecular flexibility index (Phi) is 2.95. The second-order valence-electron chi connectivity index (χ2n) is 5.97. The average molecular weight is 234 g/mol. The highest BCUT2D eigenvalue weighted by atomic mass is 16.3. The quantitative estimate of drug-likeness (QED) is 0.851. The molecule has 0 amide bonds. The normalized spacial score (nSPS) is 30.9. The molecule has 94 valence electrons. The Morgan fingerprint density at radius 3 is 2.88 bits per heavy atom. The molecule has 0 radical (unpaired) electrons. The van der Waals surface area contributed by atoms with Gasteiger partial charge in [0, 0.05) is 12.5 Å². The number of fused-ring (bicyclic) bond motifs is 1. The topological polar surface area (TPSA) is 38.1 Å².